The highest BCUT2D eigenvalue weighted by molar-refractivity contribution is 6.17. The number of benzene rings is 4. The normalized spacial score (nSPS) is 11.3. The number of anilines is 1. The summed E-state index contributed by atoms with van der Waals surface area (Å²) in [6.45, 7) is 0. The second-order valence-electron chi connectivity index (χ2n) is 5.37. The van der Waals surface area contributed by atoms with E-state index in [9.17, 15) is 10.1 Å². The second kappa shape index (κ2) is 4.43. The molecule has 22 heavy (non-hydrogen) atoms. The number of nitro benzene ring substituents is 1. The van der Waals surface area contributed by atoms with Gasteiger partial charge in [0, 0.05) is 17.8 Å². The van der Waals surface area contributed by atoms with Crippen molar-refractivity contribution in [1.29, 1.82) is 0 Å². The third-order valence-electron chi connectivity index (χ3n) is 4.05. The van der Waals surface area contributed by atoms with E-state index in [4.69, 9.17) is 5.73 Å². The van der Waals surface area contributed by atoms with Crippen LogP contribution in [0.3, 0.4) is 0 Å². The zero-order chi connectivity index (χ0) is 15.3. The molecule has 4 aromatic rings. The molecule has 4 aromatic carbocycles. The number of nitrogens with zero attached hydrogens (tertiary/aromatic N) is 1. The van der Waals surface area contributed by atoms with Gasteiger partial charge in [0.25, 0.3) is 5.69 Å². The van der Waals surface area contributed by atoms with Crippen LogP contribution in [-0.2, 0) is 0 Å². The van der Waals surface area contributed by atoms with Crippen molar-refractivity contribution >= 4 is 43.7 Å². The van der Waals surface area contributed by atoms with E-state index >= 15 is 0 Å². The van der Waals surface area contributed by atoms with Crippen LogP contribution in [0.1, 0.15) is 0 Å². The molecule has 0 aliphatic rings. The van der Waals surface area contributed by atoms with Crippen LogP contribution in [0.4, 0.5) is 11.4 Å². The number of hydrogen-bond acceptors (Lipinski definition) is 3. The van der Waals surface area contributed by atoms with Crippen LogP contribution in [0.25, 0.3) is 32.3 Å². The average molecular weight is 288 g/mol. The summed E-state index contributed by atoms with van der Waals surface area (Å²) in [7, 11) is 0. The van der Waals surface area contributed by atoms with E-state index in [1.807, 2.05) is 48.5 Å². The van der Waals surface area contributed by atoms with Crippen LogP contribution >= 0.6 is 0 Å². The molecule has 0 saturated heterocycles. The van der Waals surface area contributed by atoms with Gasteiger partial charge in [-0.25, -0.2) is 0 Å². The molecule has 0 bridgehead atoms. The van der Waals surface area contributed by atoms with Gasteiger partial charge in [-0.1, -0.05) is 30.3 Å². The highest BCUT2D eigenvalue weighted by Gasteiger charge is 2.09. The summed E-state index contributed by atoms with van der Waals surface area (Å²) in [6.07, 6.45) is 0. The first kappa shape index (κ1) is 12.6. The summed E-state index contributed by atoms with van der Waals surface area (Å²) in [6, 6.07) is 18.9. The van der Waals surface area contributed by atoms with Gasteiger partial charge in [0.1, 0.15) is 0 Å². The highest BCUT2D eigenvalue weighted by Crippen LogP contribution is 2.33. The number of nitrogens with two attached hydrogens (primary N) is 1. The van der Waals surface area contributed by atoms with Crippen molar-refractivity contribution in [1.82, 2.24) is 0 Å². The Morgan fingerprint density at radius 2 is 1.27 bits per heavy atom. The maximum absolute atomic E-state index is 10.9. The molecular formula is C18H12N2O2. The van der Waals surface area contributed by atoms with Crippen molar-refractivity contribution in [3.8, 4) is 0 Å². The quantitative estimate of drug-likeness (QED) is 0.240. The van der Waals surface area contributed by atoms with Crippen LogP contribution < -0.4 is 5.73 Å². The molecule has 0 saturated carbocycles. The third kappa shape index (κ3) is 1.78. The second-order valence-corrected chi connectivity index (χ2v) is 5.37. The van der Waals surface area contributed by atoms with Crippen molar-refractivity contribution < 1.29 is 4.92 Å². The molecule has 0 heterocycles. The smallest absolute Gasteiger partial charge is 0.270 e. The summed E-state index contributed by atoms with van der Waals surface area (Å²) >= 11 is 0. The topological polar surface area (TPSA) is 69.2 Å². The largest absolute Gasteiger partial charge is 0.399 e. The summed E-state index contributed by atoms with van der Waals surface area (Å²) in [5.41, 5.74) is 6.69. The van der Waals surface area contributed by atoms with Gasteiger partial charge in [-0.05, 0) is 50.5 Å². The monoisotopic (exact) mass is 288 g/mol. The first-order valence-electron chi connectivity index (χ1n) is 6.92. The SMILES string of the molecule is Nc1ccc2c(ccc3c4ccc([N+](=O)[O-])cc4ccc23)c1. The van der Waals surface area contributed by atoms with Crippen LogP contribution in [0.15, 0.2) is 60.7 Å². The number of nitrogen functional groups attached to an aromatic ring is 1. The number of hydrogen-bond donors (Lipinski definition) is 1. The predicted octanol–water partition coefficient (Wildman–Crippen LogP) is 4.64. The van der Waals surface area contributed by atoms with E-state index in [-0.39, 0.29) is 10.6 Å². The first-order valence-corrected chi connectivity index (χ1v) is 6.92. The Kier molecular flexibility index (Phi) is 2.53. The van der Waals surface area contributed by atoms with Gasteiger partial charge in [-0.15, -0.1) is 0 Å². The molecule has 0 spiro atoms. The minimum atomic E-state index is -0.368. The Morgan fingerprint density at radius 3 is 1.91 bits per heavy atom. The highest BCUT2D eigenvalue weighted by atomic mass is 16.6. The molecule has 4 heteroatoms. The summed E-state index contributed by atoms with van der Waals surface area (Å²) < 4.78 is 0. The van der Waals surface area contributed by atoms with Gasteiger partial charge in [-0.2, -0.15) is 0 Å². The molecule has 0 atom stereocenters. The van der Waals surface area contributed by atoms with Gasteiger partial charge in [0.2, 0.25) is 0 Å². The number of non-ortho nitro benzene ring substituents is 1. The first-order chi connectivity index (χ1) is 10.6. The molecule has 0 radical (unpaired) electrons. The van der Waals surface area contributed by atoms with Gasteiger partial charge < -0.3 is 5.73 Å². The van der Waals surface area contributed by atoms with Gasteiger partial charge >= 0.3 is 0 Å². The van der Waals surface area contributed by atoms with Crippen LogP contribution in [0, 0.1) is 10.1 Å². The van der Waals surface area contributed by atoms with Gasteiger partial charge in [0.05, 0.1) is 4.92 Å². The molecule has 0 aliphatic carbocycles. The fourth-order valence-corrected chi connectivity index (χ4v) is 3.01. The molecule has 4 rings (SSSR count). The van der Waals surface area contributed by atoms with Crippen molar-refractivity contribution in [2.45, 2.75) is 0 Å². The molecule has 0 fully saturated rings. The lowest BCUT2D eigenvalue weighted by Gasteiger charge is -2.08. The lowest BCUT2D eigenvalue weighted by Crippen LogP contribution is -1.88. The van der Waals surface area contributed by atoms with Crippen LogP contribution in [0.2, 0.25) is 0 Å². The number of fused-ring (bicyclic) bond motifs is 5. The zero-order valence-corrected chi connectivity index (χ0v) is 11.6. The Bertz CT molecular complexity index is 1070. The molecule has 4 nitrogen and oxygen atoms in total. The summed E-state index contributed by atoms with van der Waals surface area (Å²) in [4.78, 5) is 10.5. The molecule has 0 amide bonds. The van der Waals surface area contributed by atoms with Gasteiger partial charge in [0.15, 0.2) is 0 Å². The lowest BCUT2D eigenvalue weighted by atomic mass is 9.96. The Balaban J connectivity index is 2.12. The Labute approximate surface area is 125 Å². The fourth-order valence-electron chi connectivity index (χ4n) is 3.01. The maximum Gasteiger partial charge on any atom is 0.270 e. The zero-order valence-electron chi connectivity index (χ0n) is 11.6. The Morgan fingerprint density at radius 1 is 0.727 bits per heavy atom. The molecule has 2 N–H and O–H groups in total. The van der Waals surface area contributed by atoms with E-state index in [2.05, 4.69) is 0 Å². The molecule has 0 unspecified atom stereocenters. The maximum atomic E-state index is 10.9. The van der Waals surface area contributed by atoms with Crippen LogP contribution in [-0.4, -0.2) is 4.92 Å². The minimum absolute atomic E-state index is 0.111. The Hall–Kier alpha value is -3.14. The molecule has 106 valence electrons. The van der Waals surface area contributed by atoms with E-state index in [0.29, 0.717) is 0 Å². The van der Waals surface area contributed by atoms with E-state index in [0.717, 1.165) is 38.0 Å². The summed E-state index contributed by atoms with van der Waals surface area (Å²) in [5.74, 6) is 0. The number of rotatable bonds is 1. The van der Waals surface area contributed by atoms with Crippen molar-refractivity contribution in [2.24, 2.45) is 0 Å². The molecule has 0 aromatic heterocycles. The minimum Gasteiger partial charge on any atom is -0.399 e. The van der Waals surface area contributed by atoms with E-state index < -0.39 is 0 Å². The molecule has 0 aliphatic heterocycles. The van der Waals surface area contributed by atoms with Gasteiger partial charge in [-0.3, -0.25) is 10.1 Å². The standard InChI is InChI=1S/C18H12N2O2/c19-13-3-7-15-11(9-13)1-5-18-16-8-4-14(20(21)22)10-12(16)2-6-17(15)18/h1-10H,19H2. The van der Waals surface area contributed by atoms with Crippen molar-refractivity contribution in [3.63, 3.8) is 0 Å². The van der Waals surface area contributed by atoms with Crippen LogP contribution in [0.5, 0.6) is 0 Å². The summed E-state index contributed by atoms with van der Waals surface area (Å²) in [5, 5.41) is 17.2. The lowest BCUT2D eigenvalue weighted by molar-refractivity contribution is -0.384. The third-order valence-corrected chi connectivity index (χ3v) is 4.05. The fraction of sp³-hybridized carbons (Fsp3) is 0. The molecular weight excluding hydrogens is 276 g/mol. The van der Waals surface area contributed by atoms with E-state index in [1.54, 1.807) is 12.1 Å². The number of nitro groups is 1. The van der Waals surface area contributed by atoms with Crippen molar-refractivity contribution in [2.75, 3.05) is 5.73 Å². The predicted molar refractivity (Wildman–Crippen MR) is 90.0 cm³/mol. The van der Waals surface area contributed by atoms with E-state index in [1.165, 1.54) is 0 Å². The average Bonchev–Trinajstić information content (AvgIpc) is 2.53. The van der Waals surface area contributed by atoms with Crippen molar-refractivity contribution in [3.05, 3.63) is 70.8 Å².